The van der Waals surface area contributed by atoms with E-state index in [1.807, 2.05) is 14.1 Å². The van der Waals surface area contributed by atoms with Crippen molar-refractivity contribution in [1.82, 2.24) is 4.98 Å². The van der Waals surface area contributed by atoms with E-state index in [1.165, 1.54) is 23.0 Å². The van der Waals surface area contributed by atoms with Gasteiger partial charge in [0.2, 0.25) is 0 Å². The molecule has 1 amide bonds. The number of thiazole rings is 1. The van der Waals surface area contributed by atoms with Gasteiger partial charge in [0, 0.05) is 19.0 Å². The number of fused-ring (bicyclic) bond motifs is 1. The topological polar surface area (TPSA) is 46.9 Å². The SMILES string of the molecule is COc1ccccc1C(=O)N(CCC[NH+](C)C)c1nc2c(F)cc(F)cc2s1. The van der Waals surface area contributed by atoms with Gasteiger partial charge in [0.25, 0.3) is 5.91 Å². The summed E-state index contributed by atoms with van der Waals surface area (Å²) in [7, 11) is 5.56. The second-order valence-corrected chi connectivity index (χ2v) is 7.71. The Morgan fingerprint density at radius 1 is 1.25 bits per heavy atom. The van der Waals surface area contributed by atoms with Crippen molar-refractivity contribution in [2.45, 2.75) is 6.42 Å². The number of hydrogen-bond acceptors (Lipinski definition) is 4. The molecule has 2 aromatic carbocycles. The Kier molecular flexibility index (Phi) is 6.21. The molecule has 8 heteroatoms. The van der Waals surface area contributed by atoms with E-state index >= 15 is 0 Å². The zero-order chi connectivity index (χ0) is 20.3. The van der Waals surface area contributed by atoms with Crippen LogP contribution in [0.5, 0.6) is 5.75 Å². The fourth-order valence-electron chi connectivity index (χ4n) is 2.90. The number of rotatable bonds is 7. The van der Waals surface area contributed by atoms with Crippen LogP contribution in [-0.4, -0.2) is 45.2 Å². The lowest BCUT2D eigenvalue weighted by atomic mass is 10.1. The standard InChI is InChI=1S/C20H21F2N3O2S/c1-24(2)9-6-10-25(19(26)14-7-4-5-8-16(14)27-3)20-23-18-15(22)11-13(21)12-17(18)28-20/h4-5,7-8,11-12H,6,9-10H2,1-3H3/p+1. The van der Waals surface area contributed by atoms with Gasteiger partial charge in [-0.05, 0) is 18.2 Å². The number of amides is 1. The Hall–Kier alpha value is -2.58. The van der Waals surface area contributed by atoms with Crippen molar-refractivity contribution in [2.24, 2.45) is 0 Å². The Labute approximate surface area is 166 Å². The Bertz CT molecular complexity index is 991. The van der Waals surface area contributed by atoms with Gasteiger partial charge in [0.15, 0.2) is 10.9 Å². The van der Waals surface area contributed by atoms with Crippen LogP contribution in [0.25, 0.3) is 10.2 Å². The molecule has 0 atom stereocenters. The molecule has 0 bridgehead atoms. The summed E-state index contributed by atoms with van der Waals surface area (Å²) in [5, 5.41) is 0.337. The van der Waals surface area contributed by atoms with Crippen molar-refractivity contribution in [3.05, 3.63) is 53.6 Å². The van der Waals surface area contributed by atoms with Gasteiger partial charge in [-0.3, -0.25) is 9.69 Å². The molecule has 0 saturated heterocycles. The summed E-state index contributed by atoms with van der Waals surface area (Å²) in [5.41, 5.74) is 0.463. The second-order valence-electron chi connectivity index (χ2n) is 6.70. The highest BCUT2D eigenvalue weighted by atomic mass is 32.1. The minimum Gasteiger partial charge on any atom is -0.496 e. The minimum absolute atomic E-state index is 0.0671. The molecule has 3 aromatic rings. The molecule has 1 aromatic heterocycles. The number of quaternary nitrogens is 1. The first kappa shape index (κ1) is 20.2. The number of anilines is 1. The summed E-state index contributed by atoms with van der Waals surface area (Å²) in [6.45, 7) is 1.26. The van der Waals surface area contributed by atoms with Gasteiger partial charge in [-0.1, -0.05) is 23.5 Å². The molecule has 5 nitrogen and oxygen atoms in total. The van der Waals surface area contributed by atoms with Crippen molar-refractivity contribution < 1.29 is 23.2 Å². The first-order chi connectivity index (χ1) is 13.4. The van der Waals surface area contributed by atoms with Gasteiger partial charge in [-0.2, -0.15) is 0 Å². The molecule has 0 aliphatic heterocycles. The third-order valence-corrected chi connectivity index (χ3v) is 5.30. The Morgan fingerprint density at radius 3 is 2.71 bits per heavy atom. The molecule has 0 aliphatic rings. The van der Waals surface area contributed by atoms with Crippen molar-refractivity contribution >= 4 is 32.6 Å². The lowest BCUT2D eigenvalue weighted by Gasteiger charge is -2.21. The molecule has 28 heavy (non-hydrogen) atoms. The molecular weight excluding hydrogens is 384 g/mol. The molecule has 0 fully saturated rings. The molecule has 1 heterocycles. The van der Waals surface area contributed by atoms with Gasteiger partial charge >= 0.3 is 0 Å². The van der Waals surface area contributed by atoms with Crippen LogP contribution < -0.4 is 14.5 Å². The van der Waals surface area contributed by atoms with Crippen LogP contribution in [0.4, 0.5) is 13.9 Å². The Morgan fingerprint density at radius 2 is 2.00 bits per heavy atom. The Balaban J connectivity index is 2.01. The molecular formula is C20H22F2N3O2S+. The van der Waals surface area contributed by atoms with Gasteiger partial charge < -0.3 is 9.64 Å². The molecule has 1 N–H and O–H groups in total. The zero-order valence-corrected chi connectivity index (χ0v) is 16.8. The van der Waals surface area contributed by atoms with E-state index in [4.69, 9.17) is 4.74 Å². The maximum absolute atomic E-state index is 14.1. The number of nitrogens with zero attached hydrogens (tertiary/aromatic N) is 2. The van der Waals surface area contributed by atoms with Crippen LogP contribution in [-0.2, 0) is 0 Å². The molecule has 0 unspecified atom stereocenters. The van der Waals surface area contributed by atoms with E-state index in [0.717, 1.165) is 30.4 Å². The summed E-state index contributed by atoms with van der Waals surface area (Å²) < 4.78 is 33.3. The maximum atomic E-state index is 14.1. The largest absolute Gasteiger partial charge is 0.496 e. The van der Waals surface area contributed by atoms with E-state index < -0.39 is 11.6 Å². The summed E-state index contributed by atoms with van der Waals surface area (Å²) >= 11 is 1.10. The smallest absolute Gasteiger partial charge is 0.263 e. The maximum Gasteiger partial charge on any atom is 0.263 e. The lowest BCUT2D eigenvalue weighted by molar-refractivity contribution is -0.858. The highest BCUT2D eigenvalue weighted by Gasteiger charge is 2.24. The molecule has 0 radical (unpaired) electrons. The quantitative estimate of drug-likeness (QED) is 0.656. The van der Waals surface area contributed by atoms with Crippen molar-refractivity contribution in [3.63, 3.8) is 0 Å². The summed E-state index contributed by atoms with van der Waals surface area (Å²) in [4.78, 5) is 20.3. The molecule has 148 valence electrons. The van der Waals surface area contributed by atoms with Crippen molar-refractivity contribution in [3.8, 4) is 5.75 Å². The number of nitrogens with one attached hydrogen (secondary N) is 1. The normalized spacial score (nSPS) is 11.2. The van der Waals surface area contributed by atoms with Gasteiger partial charge in [0.05, 0.1) is 38.0 Å². The highest BCUT2D eigenvalue weighted by molar-refractivity contribution is 7.22. The van der Waals surface area contributed by atoms with Gasteiger partial charge in [0.1, 0.15) is 17.1 Å². The van der Waals surface area contributed by atoms with E-state index in [-0.39, 0.29) is 11.4 Å². The van der Waals surface area contributed by atoms with Crippen LogP contribution in [0.2, 0.25) is 0 Å². The van der Waals surface area contributed by atoms with Gasteiger partial charge in [-0.15, -0.1) is 0 Å². The van der Waals surface area contributed by atoms with Crippen LogP contribution in [0.3, 0.4) is 0 Å². The third-order valence-electron chi connectivity index (χ3n) is 4.27. The number of ether oxygens (including phenoxy) is 1. The number of carbonyl (C=O) groups is 1. The summed E-state index contributed by atoms with van der Waals surface area (Å²) in [6.07, 6.45) is 0.732. The number of para-hydroxylation sites is 1. The van der Waals surface area contributed by atoms with Crippen LogP contribution in [0.1, 0.15) is 16.8 Å². The average Bonchev–Trinajstić information content (AvgIpc) is 3.08. The summed E-state index contributed by atoms with van der Waals surface area (Å²) in [6, 6.07) is 8.96. The molecule has 0 aliphatic carbocycles. The van der Waals surface area contributed by atoms with E-state index in [2.05, 4.69) is 4.98 Å². The lowest BCUT2D eigenvalue weighted by Crippen LogP contribution is -3.05. The molecule has 0 saturated carbocycles. The molecule has 0 spiro atoms. The third kappa shape index (κ3) is 4.28. The number of benzene rings is 2. The van der Waals surface area contributed by atoms with Crippen LogP contribution in [0, 0.1) is 11.6 Å². The van der Waals surface area contributed by atoms with Gasteiger partial charge in [-0.25, -0.2) is 13.8 Å². The predicted octanol–water partition coefficient (Wildman–Crippen LogP) is 2.76. The molecule has 3 rings (SSSR count). The van der Waals surface area contributed by atoms with E-state index in [1.54, 1.807) is 24.3 Å². The van der Waals surface area contributed by atoms with Crippen LogP contribution in [0.15, 0.2) is 36.4 Å². The number of halogens is 2. The number of carbonyl (C=O) groups excluding carboxylic acids is 1. The fourth-order valence-corrected chi connectivity index (χ4v) is 3.93. The zero-order valence-electron chi connectivity index (χ0n) is 16.0. The fraction of sp³-hybridized carbons (Fsp3) is 0.300. The first-order valence-corrected chi connectivity index (χ1v) is 9.72. The summed E-state index contributed by atoms with van der Waals surface area (Å²) in [5.74, 6) is -1.24. The van der Waals surface area contributed by atoms with E-state index in [9.17, 15) is 13.6 Å². The second kappa shape index (κ2) is 8.62. The average molecular weight is 406 g/mol. The predicted molar refractivity (Wildman–Crippen MR) is 107 cm³/mol. The van der Waals surface area contributed by atoms with Crippen molar-refractivity contribution in [1.29, 1.82) is 0 Å². The number of aromatic nitrogens is 1. The van der Waals surface area contributed by atoms with Crippen molar-refractivity contribution in [2.75, 3.05) is 39.2 Å². The van der Waals surface area contributed by atoms with Crippen LogP contribution >= 0.6 is 11.3 Å². The monoisotopic (exact) mass is 406 g/mol. The van der Waals surface area contributed by atoms with E-state index in [0.29, 0.717) is 27.7 Å². The highest BCUT2D eigenvalue weighted by Crippen LogP contribution is 2.33. The number of methoxy groups -OCH3 is 1. The minimum atomic E-state index is -0.736. The first-order valence-electron chi connectivity index (χ1n) is 8.90. The number of hydrogen-bond donors (Lipinski definition) is 1.